The van der Waals surface area contributed by atoms with Crippen LogP contribution in [0.4, 0.5) is 0 Å². The first kappa shape index (κ1) is 15.9. The van der Waals surface area contributed by atoms with Gasteiger partial charge in [0.25, 0.3) is 0 Å². The fourth-order valence-corrected chi connectivity index (χ4v) is 4.50. The van der Waals surface area contributed by atoms with Crippen molar-refractivity contribution in [2.75, 3.05) is 0 Å². The van der Waals surface area contributed by atoms with Crippen LogP contribution in [0.15, 0.2) is 27.6 Å². The summed E-state index contributed by atoms with van der Waals surface area (Å²) in [4.78, 5) is 12.1. The Hall–Kier alpha value is -0.520. The number of hydrogen-bond donors (Lipinski definition) is 1. The van der Waals surface area contributed by atoms with Crippen LogP contribution in [-0.2, 0) is 4.74 Å². The highest BCUT2D eigenvalue weighted by atomic mass is 79.9. The molecule has 1 aliphatic rings. The van der Waals surface area contributed by atoms with E-state index in [0.29, 0.717) is 15.3 Å². The van der Waals surface area contributed by atoms with Gasteiger partial charge in [-0.1, -0.05) is 0 Å². The maximum Gasteiger partial charge on any atom is 0.336 e. The Bertz CT molecular complexity index is 540. The van der Waals surface area contributed by atoms with Crippen molar-refractivity contribution < 1.29 is 14.6 Å². The van der Waals surface area contributed by atoms with E-state index in [0.717, 1.165) is 11.3 Å². The van der Waals surface area contributed by atoms with Crippen molar-refractivity contribution in [2.24, 2.45) is 0 Å². The topological polar surface area (TPSA) is 46.5 Å². The molecule has 0 radical (unpaired) electrons. The van der Waals surface area contributed by atoms with Crippen LogP contribution in [0.5, 0.6) is 0 Å². The van der Waals surface area contributed by atoms with E-state index >= 15 is 0 Å². The summed E-state index contributed by atoms with van der Waals surface area (Å²) >= 11 is 4.96. The van der Waals surface area contributed by atoms with Crippen LogP contribution in [0.3, 0.4) is 0 Å². The van der Waals surface area contributed by atoms with Gasteiger partial charge in [0.05, 0.1) is 16.8 Å². The Morgan fingerprint density at radius 3 is 2.55 bits per heavy atom. The van der Waals surface area contributed by atoms with Crippen molar-refractivity contribution >= 4 is 33.7 Å². The van der Waals surface area contributed by atoms with Crippen molar-refractivity contribution in [3.63, 3.8) is 0 Å². The molecule has 0 spiro atoms. The number of hydrogen-bond acceptors (Lipinski definition) is 3. The lowest BCUT2D eigenvalue weighted by Gasteiger charge is -2.27. The number of carboxylic acids is 1. The highest BCUT2D eigenvalue weighted by Crippen LogP contribution is 2.46. The average Bonchev–Trinajstić information content (AvgIpc) is 2.49. The normalized spacial score (nSPS) is 23.8. The van der Waals surface area contributed by atoms with Crippen molar-refractivity contribution in [1.82, 2.24) is 0 Å². The molecule has 0 aliphatic carbocycles. The van der Waals surface area contributed by atoms with E-state index < -0.39 is 5.97 Å². The summed E-state index contributed by atoms with van der Waals surface area (Å²) in [7, 11) is 0. The van der Waals surface area contributed by atoms with Crippen LogP contribution in [0.1, 0.15) is 44.5 Å². The van der Waals surface area contributed by atoms with Crippen LogP contribution in [-0.4, -0.2) is 27.5 Å². The molecule has 110 valence electrons. The highest BCUT2D eigenvalue weighted by Gasteiger charge is 2.46. The van der Waals surface area contributed by atoms with Crippen molar-refractivity contribution in [3.05, 3.63) is 28.2 Å². The molecule has 1 aliphatic heterocycles. The smallest absolute Gasteiger partial charge is 0.336 e. The molecular weight excluding hydrogens is 340 g/mol. The van der Waals surface area contributed by atoms with Crippen molar-refractivity contribution in [1.29, 1.82) is 0 Å². The summed E-state index contributed by atoms with van der Waals surface area (Å²) in [6.07, 6.45) is 0.948. The lowest BCUT2D eigenvalue weighted by atomic mass is 10.0. The Labute approximate surface area is 132 Å². The first-order chi connectivity index (χ1) is 9.11. The first-order valence-electron chi connectivity index (χ1n) is 6.50. The minimum Gasteiger partial charge on any atom is -0.478 e. The van der Waals surface area contributed by atoms with Gasteiger partial charge in [-0.3, -0.25) is 0 Å². The number of aromatic carboxylic acids is 1. The molecule has 0 amide bonds. The lowest BCUT2D eigenvalue weighted by Crippen LogP contribution is -2.30. The minimum atomic E-state index is -0.915. The first-order valence-corrected chi connectivity index (χ1v) is 8.18. The SMILES string of the molecule is CC1(C)CC(Sc2ccc(Br)c(C(=O)O)c2)C(C)(C)O1. The summed E-state index contributed by atoms with van der Waals surface area (Å²) in [5, 5.41) is 9.48. The summed E-state index contributed by atoms with van der Waals surface area (Å²) in [5.41, 5.74) is -0.0532. The second kappa shape index (κ2) is 5.35. The van der Waals surface area contributed by atoms with Crippen LogP contribution in [0.2, 0.25) is 0 Å². The molecule has 1 heterocycles. The minimum absolute atomic E-state index is 0.133. The van der Waals surface area contributed by atoms with Gasteiger partial charge in [0.1, 0.15) is 0 Å². The Morgan fingerprint density at radius 2 is 2.05 bits per heavy atom. The van der Waals surface area contributed by atoms with Gasteiger partial charge in [-0.05, 0) is 68.2 Å². The molecule has 5 heteroatoms. The van der Waals surface area contributed by atoms with Crippen LogP contribution >= 0.6 is 27.7 Å². The summed E-state index contributed by atoms with van der Waals surface area (Å²) in [5.74, 6) is -0.915. The molecule has 1 saturated heterocycles. The van der Waals surface area contributed by atoms with Gasteiger partial charge < -0.3 is 9.84 Å². The number of carboxylic acid groups (broad SMARTS) is 1. The second-order valence-electron chi connectivity index (χ2n) is 6.22. The van der Waals surface area contributed by atoms with Crippen molar-refractivity contribution in [2.45, 2.75) is 55.5 Å². The fraction of sp³-hybridized carbons (Fsp3) is 0.533. The monoisotopic (exact) mass is 358 g/mol. The average molecular weight is 359 g/mol. The third kappa shape index (κ3) is 3.38. The molecule has 20 heavy (non-hydrogen) atoms. The van der Waals surface area contributed by atoms with Crippen molar-refractivity contribution in [3.8, 4) is 0 Å². The number of halogens is 1. The summed E-state index contributed by atoms with van der Waals surface area (Å²) in [6.45, 7) is 8.38. The van der Waals surface area contributed by atoms with Gasteiger partial charge in [-0.25, -0.2) is 4.79 Å². The number of carbonyl (C=O) groups is 1. The molecular formula is C15H19BrO3S. The molecule has 3 nitrogen and oxygen atoms in total. The number of ether oxygens (including phenoxy) is 1. The van der Waals surface area contributed by atoms with Gasteiger partial charge in [0.2, 0.25) is 0 Å². The second-order valence-corrected chi connectivity index (χ2v) is 8.35. The quantitative estimate of drug-likeness (QED) is 0.858. The predicted molar refractivity (Wildman–Crippen MR) is 84.6 cm³/mol. The zero-order valence-corrected chi connectivity index (χ0v) is 14.5. The zero-order chi connectivity index (χ0) is 15.1. The number of rotatable bonds is 3. The van der Waals surface area contributed by atoms with Gasteiger partial charge in [0.15, 0.2) is 0 Å². The number of thioether (sulfide) groups is 1. The molecule has 1 N–H and O–H groups in total. The largest absolute Gasteiger partial charge is 0.478 e. The Kier molecular flexibility index (Phi) is 4.24. The van der Waals surface area contributed by atoms with E-state index in [2.05, 4.69) is 43.6 Å². The van der Waals surface area contributed by atoms with Crippen LogP contribution < -0.4 is 0 Å². The summed E-state index contributed by atoms with van der Waals surface area (Å²) in [6, 6.07) is 5.46. The highest BCUT2D eigenvalue weighted by molar-refractivity contribution is 9.10. The third-order valence-corrected chi connectivity index (χ3v) is 5.67. The van der Waals surface area contributed by atoms with E-state index in [4.69, 9.17) is 4.74 Å². The van der Waals surface area contributed by atoms with E-state index in [1.165, 1.54) is 0 Å². The van der Waals surface area contributed by atoms with Crippen LogP contribution in [0.25, 0.3) is 0 Å². The molecule has 1 aromatic carbocycles. The third-order valence-electron chi connectivity index (χ3n) is 3.44. The molecule has 2 rings (SSSR count). The van der Waals surface area contributed by atoms with Gasteiger partial charge in [0, 0.05) is 14.6 Å². The maximum atomic E-state index is 11.2. The van der Waals surface area contributed by atoms with E-state index in [1.54, 1.807) is 23.9 Å². The molecule has 0 saturated carbocycles. The van der Waals surface area contributed by atoms with Gasteiger partial charge in [-0.15, -0.1) is 11.8 Å². The number of benzene rings is 1. The summed E-state index contributed by atoms with van der Waals surface area (Å²) < 4.78 is 6.68. The molecule has 0 aromatic heterocycles. The van der Waals surface area contributed by atoms with Gasteiger partial charge >= 0.3 is 5.97 Å². The van der Waals surface area contributed by atoms with Gasteiger partial charge in [-0.2, -0.15) is 0 Å². The molecule has 1 aromatic rings. The Balaban J connectivity index is 2.23. The zero-order valence-electron chi connectivity index (χ0n) is 12.1. The fourth-order valence-electron chi connectivity index (χ4n) is 2.60. The molecule has 1 unspecified atom stereocenters. The molecule has 1 atom stereocenters. The van der Waals surface area contributed by atoms with E-state index in [1.807, 2.05) is 6.07 Å². The van der Waals surface area contributed by atoms with Crippen LogP contribution in [0, 0.1) is 0 Å². The predicted octanol–water partition coefficient (Wildman–Crippen LogP) is 4.59. The molecule has 1 fully saturated rings. The lowest BCUT2D eigenvalue weighted by molar-refractivity contribution is -0.0631. The maximum absolute atomic E-state index is 11.2. The Morgan fingerprint density at radius 1 is 1.40 bits per heavy atom. The van der Waals surface area contributed by atoms with E-state index in [-0.39, 0.29) is 11.2 Å². The van der Waals surface area contributed by atoms with E-state index in [9.17, 15) is 9.90 Å². The molecule has 0 bridgehead atoms. The standard InChI is InChI=1S/C15H19BrO3S/c1-14(2)8-12(15(3,4)19-14)20-9-5-6-11(16)10(7-9)13(17)18/h5-7,12H,8H2,1-4H3,(H,17,18).